The lowest BCUT2D eigenvalue weighted by Gasteiger charge is -2.26. The molecule has 0 saturated heterocycles. The van der Waals surface area contributed by atoms with Gasteiger partial charge in [-0.25, -0.2) is 4.39 Å². The minimum absolute atomic E-state index is 0.357. The predicted molar refractivity (Wildman–Crippen MR) is 65.3 cm³/mol. The molecule has 3 rings (SSSR count). The Morgan fingerprint density at radius 3 is 3.05 bits per heavy atom. The molecular weight excluding hydrogens is 245 g/mol. The third-order valence-electron chi connectivity index (χ3n) is 3.21. The Balaban J connectivity index is 1.76. The minimum atomic E-state index is -0.366. The number of aromatic nitrogens is 3. The molecule has 1 aromatic carbocycles. The molecule has 0 bridgehead atoms. The fourth-order valence-electron chi connectivity index (χ4n) is 2.32. The molecule has 0 spiro atoms. The molecule has 2 aromatic rings. The molecule has 0 unspecified atom stereocenters. The smallest absolute Gasteiger partial charge is 0.147 e. The van der Waals surface area contributed by atoms with Gasteiger partial charge in [0, 0.05) is 19.6 Å². The van der Waals surface area contributed by atoms with E-state index in [2.05, 4.69) is 15.1 Å². The standard InChI is InChI=1S/C13H12FN5/c14-12-4-10(6-15)3-11(5-12)7-18-1-2-19-9-16-17-13(19)8-18/h3-5,9H,1-2,7-8H2. The van der Waals surface area contributed by atoms with Crippen LogP contribution in [0.5, 0.6) is 0 Å². The van der Waals surface area contributed by atoms with Crippen molar-refractivity contribution in [2.75, 3.05) is 6.54 Å². The molecule has 0 atom stereocenters. The average Bonchev–Trinajstić information content (AvgIpc) is 2.85. The summed E-state index contributed by atoms with van der Waals surface area (Å²) in [5.74, 6) is 0.553. The van der Waals surface area contributed by atoms with Crippen LogP contribution in [0.2, 0.25) is 0 Å². The number of hydrogen-bond acceptors (Lipinski definition) is 4. The van der Waals surface area contributed by atoms with Crippen molar-refractivity contribution in [2.24, 2.45) is 0 Å². The maximum Gasteiger partial charge on any atom is 0.147 e. The molecule has 1 aliphatic rings. The van der Waals surface area contributed by atoms with E-state index in [0.29, 0.717) is 18.7 Å². The van der Waals surface area contributed by atoms with Gasteiger partial charge in [0.25, 0.3) is 0 Å². The summed E-state index contributed by atoms with van der Waals surface area (Å²) in [6.07, 6.45) is 1.72. The van der Waals surface area contributed by atoms with Gasteiger partial charge in [0.15, 0.2) is 0 Å². The molecule has 0 radical (unpaired) electrons. The van der Waals surface area contributed by atoms with E-state index in [4.69, 9.17) is 5.26 Å². The summed E-state index contributed by atoms with van der Waals surface area (Å²) in [5, 5.41) is 16.8. The van der Waals surface area contributed by atoms with Gasteiger partial charge in [-0.2, -0.15) is 5.26 Å². The zero-order chi connectivity index (χ0) is 13.2. The van der Waals surface area contributed by atoms with Crippen LogP contribution in [0, 0.1) is 17.1 Å². The monoisotopic (exact) mass is 257 g/mol. The van der Waals surface area contributed by atoms with Gasteiger partial charge >= 0.3 is 0 Å². The van der Waals surface area contributed by atoms with Crippen LogP contribution in [-0.2, 0) is 19.6 Å². The van der Waals surface area contributed by atoms with Crippen molar-refractivity contribution < 1.29 is 4.39 Å². The van der Waals surface area contributed by atoms with Gasteiger partial charge in [0.2, 0.25) is 0 Å². The van der Waals surface area contributed by atoms with Gasteiger partial charge in [-0.3, -0.25) is 4.90 Å². The topological polar surface area (TPSA) is 57.7 Å². The Kier molecular flexibility index (Phi) is 2.97. The molecule has 1 aromatic heterocycles. The third kappa shape index (κ3) is 2.46. The van der Waals surface area contributed by atoms with E-state index in [1.807, 2.05) is 10.6 Å². The van der Waals surface area contributed by atoms with Crippen LogP contribution in [0.25, 0.3) is 0 Å². The summed E-state index contributed by atoms with van der Waals surface area (Å²) < 4.78 is 15.4. The highest BCUT2D eigenvalue weighted by molar-refractivity contribution is 5.33. The van der Waals surface area contributed by atoms with Crippen molar-refractivity contribution in [1.82, 2.24) is 19.7 Å². The Bertz CT molecular complexity index is 643. The highest BCUT2D eigenvalue weighted by Crippen LogP contribution is 2.15. The largest absolute Gasteiger partial charge is 0.315 e. The molecule has 2 heterocycles. The molecule has 0 saturated carbocycles. The molecular formula is C13H12FN5. The summed E-state index contributed by atoms with van der Waals surface area (Å²) in [5.41, 5.74) is 1.17. The quantitative estimate of drug-likeness (QED) is 0.813. The van der Waals surface area contributed by atoms with Crippen LogP contribution in [0.3, 0.4) is 0 Å². The summed E-state index contributed by atoms with van der Waals surface area (Å²) in [6.45, 7) is 3.00. The first-order valence-electron chi connectivity index (χ1n) is 6.03. The second kappa shape index (κ2) is 4.78. The fraction of sp³-hybridized carbons (Fsp3) is 0.308. The lowest BCUT2D eigenvalue weighted by molar-refractivity contribution is 0.208. The van der Waals surface area contributed by atoms with E-state index in [0.717, 1.165) is 24.5 Å². The molecule has 96 valence electrons. The number of benzene rings is 1. The van der Waals surface area contributed by atoms with Crippen molar-refractivity contribution in [3.63, 3.8) is 0 Å². The van der Waals surface area contributed by atoms with Gasteiger partial charge in [-0.1, -0.05) is 0 Å². The third-order valence-corrected chi connectivity index (χ3v) is 3.21. The number of rotatable bonds is 2. The maximum atomic E-state index is 13.4. The summed E-state index contributed by atoms with van der Waals surface area (Å²) in [4.78, 5) is 2.17. The van der Waals surface area contributed by atoms with Crippen LogP contribution >= 0.6 is 0 Å². The zero-order valence-electron chi connectivity index (χ0n) is 10.3. The first-order chi connectivity index (χ1) is 9.24. The van der Waals surface area contributed by atoms with E-state index in [1.165, 1.54) is 12.1 Å². The van der Waals surface area contributed by atoms with Crippen LogP contribution in [0.1, 0.15) is 17.0 Å². The molecule has 0 aliphatic carbocycles. The van der Waals surface area contributed by atoms with Gasteiger partial charge < -0.3 is 4.57 Å². The Morgan fingerprint density at radius 1 is 1.32 bits per heavy atom. The summed E-state index contributed by atoms with van der Waals surface area (Å²) >= 11 is 0. The minimum Gasteiger partial charge on any atom is -0.315 e. The molecule has 0 amide bonds. The number of nitrogens with zero attached hydrogens (tertiary/aromatic N) is 5. The lowest BCUT2D eigenvalue weighted by atomic mass is 10.1. The molecule has 1 aliphatic heterocycles. The van der Waals surface area contributed by atoms with E-state index in [1.54, 1.807) is 12.4 Å². The first-order valence-corrected chi connectivity index (χ1v) is 6.03. The molecule has 0 fully saturated rings. The van der Waals surface area contributed by atoms with Crippen molar-refractivity contribution in [3.05, 3.63) is 47.3 Å². The zero-order valence-corrected chi connectivity index (χ0v) is 10.3. The Morgan fingerprint density at radius 2 is 2.21 bits per heavy atom. The summed E-state index contributed by atoms with van der Waals surface area (Å²) in [7, 11) is 0. The van der Waals surface area contributed by atoms with Gasteiger partial charge in [0.1, 0.15) is 18.0 Å². The SMILES string of the molecule is N#Cc1cc(F)cc(CN2CCn3cnnc3C2)c1. The lowest BCUT2D eigenvalue weighted by Crippen LogP contribution is -2.33. The molecule has 5 nitrogen and oxygen atoms in total. The van der Waals surface area contributed by atoms with Crippen LogP contribution in [0.4, 0.5) is 4.39 Å². The van der Waals surface area contributed by atoms with E-state index in [-0.39, 0.29) is 5.82 Å². The second-order valence-corrected chi connectivity index (χ2v) is 4.61. The van der Waals surface area contributed by atoms with Crippen molar-refractivity contribution in [1.29, 1.82) is 5.26 Å². The van der Waals surface area contributed by atoms with Crippen molar-refractivity contribution in [3.8, 4) is 6.07 Å². The molecule has 19 heavy (non-hydrogen) atoms. The Labute approximate surface area is 109 Å². The highest BCUT2D eigenvalue weighted by Gasteiger charge is 2.17. The van der Waals surface area contributed by atoms with Crippen molar-refractivity contribution >= 4 is 0 Å². The first kappa shape index (κ1) is 11.8. The second-order valence-electron chi connectivity index (χ2n) is 4.61. The average molecular weight is 257 g/mol. The van der Waals surface area contributed by atoms with Gasteiger partial charge in [-0.05, 0) is 23.8 Å². The fourth-order valence-corrected chi connectivity index (χ4v) is 2.32. The Hall–Kier alpha value is -2.26. The molecule has 6 heteroatoms. The summed E-state index contributed by atoms with van der Waals surface area (Å²) in [6, 6.07) is 6.42. The number of halogens is 1. The normalized spacial score (nSPS) is 14.9. The predicted octanol–water partition coefficient (Wildman–Crippen LogP) is 1.30. The number of nitriles is 1. The van der Waals surface area contributed by atoms with Crippen LogP contribution < -0.4 is 0 Å². The maximum absolute atomic E-state index is 13.4. The van der Waals surface area contributed by atoms with E-state index in [9.17, 15) is 4.39 Å². The van der Waals surface area contributed by atoms with E-state index >= 15 is 0 Å². The van der Waals surface area contributed by atoms with Crippen LogP contribution in [0.15, 0.2) is 24.5 Å². The van der Waals surface area contributed by atoms with Crippen LogP contribution in [-0.4, -0.2) is 26.2 Å². The van der Waals surface area contributed by atoms with Crippen molar-refractivity contribution in [2.45, 2.75) is 19.6 Å². The van der Waals surface area contributed by atoms with Gasteiger partial charge in [0.05, 0.1) is 18.2 Å². The number of hydrogen-bond donors (Lipinski definition) is 0. The highest BCUT2D eigenvalue weighted by atomic mass is 19.1. The van der Waals surface area contributed by atoms with Gasteiger partial charge in [-0.15, -0.1) is 10.2 Å². The number of fused-ring (bicyclic) bond motifs is 1. The van der Waals surface area contributed by atoms with E-state index < -0.39 is 0 Å². The molecule has 0 N–H and O–H groups in total.